The SMILES string of the molecule is O=C(NCCCN1CCCC1=O)N[C@H]1CCS(=O)(=O)C1. The van der Waals surface area contributed by atoms with Crippen LogP contribution in [0.2, 0.25) is 0 Å². The van der Waals surface area contributed by atoms with Gasteiger partial charge in [-0.2, -0.15) is 0 Å². The molecule has 0 unspecified atom stereocenters. The number of carbonyl (C=O) groups excluding carboxylic acids is 2. The minimum Gasteiger partial charge on any atom is -0.343 e. The molecule has 20 heavy (non-hydrogen) atoms. The summed E-state index contributed by atoms with van der Waals surface area (Å²) in [7, 11) is -2.97. The van der Waals surface area contributed by atoms with Crippen LogP contribution in [0, 0.1) is 0 Å². The van der Waals surface area contributed by atoms with Crippen LogP contribution < -0.4 is 10.6 Å². The monoisotopic (exact) mass is 303 g/mol. The van der Waals surface area contributed by atoms with E-state index in [0.29, 0.717) is 32.4 Å². The minimum atomic E-state index is -2.97. The lowest BCUT2D eigenvalue weighted by atomic mass is 10.3. The molecule has 0 aromatic heterocycles. The maximum Gasteiger partial charge on any atom is 0.315 e. The van der Waals surface area contributed by atoms with Crippen molar-refractivity contribution in [2.75, 3.05) is 31.1 Å². The van der Waals surface area contributed by atoms with Crippen LogP contribution in [0.3, 0.4) is 0 Å². The van der Waals surface area contributed by atoms with Crippen LogP contribution in [0.15, 0.2) is 0 Å². The summed E-state index contributed by atoms with van der Waals surface area (Å²) in [5.74, 6) is 0.364. The van der Waals surface area contributed by atoms with E-state index >= 15 is 0 Å². The standard InChI is InChI=1S/C12H21N3O4S/c16-11-3-1-6-15(11)7-2-5-13-12(17)14-10-4-8-20(18,19)9-10/h10H,1-9H2,(H2,13,14,17)/t10-/m0/s1. The highest BCUT2D eigenvalue weighted by Gasteiger charge is 2.28. The third-order valence-electron chi connectivity index (χ3n) is 3.63. The first-order chi connectivity index (χ1) is 9.46. The third-order valence-corrected chi connectivity index (χ3v) is 5.40. The molecule has 0 radical (unpaired) electrons. The maximum absolute atomic E-state index is 11.6. The van der Waals surface area contributed by atoms with Gasteiger partial charge in [0.1, 0.15) is 0 Å². The number of hydrogen-bond acceptors (Lipinski definition) is 4. The highest BCUT2D eigenvalue weighted by Crippen LogP contribution is 2.11. The number of carbonyl (C=O) groups is 2. The number of hydrogen-bond donors (Lipinski definition) is 2. The molecule has 7 nitrogen and oxygen atoms in total. The molecule has 0 aromatic rings. The van der Waals surface area contributed by atoms with E-state index < -0.39 is 9.84 Å². The second-order valence-corrected chi connectivity index (χ2v) is 7.57. The van der Waals surface area contributed by atoms with Gasteiger partial charge in [0.05, 0.1) is 11.5 Å². The lowest BCUT2D eigenvalue weighted by molar-refractivity contribution is -0.127. The van der Waals surface area contributed by atoms with Gasteiger partial charge in [-0.05, 0) is 19.3 Å². The Hall–Kier alpha value is -1.31. The van der Waals surface area contributed by atoms with Gasteiger partial charge >= 0.3 is 6.03 Å². The molecular formula is C12H21N3O4S. The van der Waals surface area contributed by atoms with E-state index in [-0.39, 0.29) is 29.5 Å². The van der Waals surface area contributed by atoms with E-state index in [1.54, 1.807) is 0 Å². The number of likely N-dealkylation sites (tertiary alicyclic amines) is 1. The Morgan fingerprint density at radius 2 is 2.20 bits per heavy atom. The van der Waals surface area contributed by atoms with Gasteiger partial charge in [0.25, 0.3) is 0 Å². The molecule has 0 spiro atoms. The Morgan fingerprint density at radius 3 is 2.80 bits per heavy atom. The molecule has 2 N–H and O–H groups in total. The number of nitrogens with one attached hydrogen (secondary N) is 2. The van der Waals surface area contributed by atoms with Gasteiger partial charge in [-0.15, -0.1) is 0 Å². The molecule has 8 heteroatoms. The smallest absolute Gasteiger partial charge is 0.315 e. The van der Waals surface area contributed by atoms with Crippen LogP contribution >= 0.6 is 0 Å². The lowest BCUT2D eigenvalue weighted by Gasteiger charge is -2.16. The zero-order valence-corrected chi connectivity index (χ0v) is 12.2. The Morgan fingerprint density at radius 1 is 1.40 bits per heavy atom. The van der Waals surface area contributed by atoms with Gasteiger partial charge in [-0.3, -0.25) is 4.79 Å². The van der Waals surface area contributed by atoms with Crippen LogP contribution in [0.25, 0.3) is 0 Å². The minimum absolute atomic E-state index is 0.0305. The first kappa shape index (κ1) is 15.1. The van der Waals surface area contributed by atoms with Crippen molar-refractivity contribution in [2.45, 2.75) is 31.7 Å². The summed E-state index contributed by atoms with van der Waals surface area (Å²) in [6.45, 7) is 1.96. The van der Waals surface area contributed by atoms with Crippen LogP contribution in [-0.2, 0) is 14.6 Å². The summed E-state index contributed by atoms with van der Waals surface area (Å²) >= 11 is 0. The van der Waals surface area contributed by atoms with E-state index in [4.69, 9.17) is 0 Å². The summed E-state index contributed by atoms with van der Waals surface area (Å²) in [5.41, 5.74) is 0. The first-order valence-electron chi connectivity index (χ1n) is 6.99. The van der Waals surface area contributed by atoms with Gasteiger partial charge < -0.3 is 15.5 Å². The Labute approximate surface area is 119 Å². The molecular weight excluding hydrogens is 282 g/mol. The number of urea groups is 1. The Bertz CT molecular complexity index is 477. The van der Waals surface area contributed by atoms with Gasteiger partial charge in [-0.25, -0.2) is 13.2 Å². The topological polar surface area (TPSA) is 95.6 Å². The van der Waals surface area contributed by atoms with Crippen molar-refractivity contribution in [1.82, 2.24) is 15.5 Å². The van der Waals surface area contributed by atoms with Gasteiger partial charge in [-0.1, -0.05) is 0 Å². The third kappa shape index (κ3) is 4.36. The van der Waals surface area contributed by atoms with Crippen molar-refractivity contribution in [3.63, 3.8) is 0 Å². The highest BCUT2D eigenvalue weighted by molar-refractivity contribution is 7.91. The zero-order chi connectivity index (χ0) is 14.6. The highest BCUT2D eigenvalue weighted by atomic mass is 32.2. The number of amides is 3. The van der Waals surface area contributed by atoms with Crippen molar-refractivity contribution in [3.8, 4) is 0 Å². The summed E-state index contributed by atoms with van der Waals surface area (Å²) < 4.78 is 22.5. The molecule has 0 saturated carbocycles. The average Bonchev–Trinajstić information content (AvgIpc) is 2.91. The fraction of sp³-hybridized carbons (Fsp3) is 0.833. The molecule has 0 bridgehead atoms. The fourth-order valence-electron chi connectivity index (χ4n) is 2.56. The average molecular weight is 303 g/mol. The molecule has 2 aliphatic rings. The van der Waals surface area contributed by atoms with Crippen molar-refractivity contribution in [2.24, 2.45) is 0 Å². The van der Waals surface area contributed by atoms with Crippen LogP contribution in [0.5, 0.6) is 0 Å². The normalized spacial score (nSPS) is 24.9. The second-order valence-electron chi connectivity index (χ2n) is 5.34. The van der Waals surface area contributed by atoms with E-state index in [1.807, 2.05) is 4.90 Å². The summed E-state index contributed by atoms with van der Waals surface area (Å²) in [4.78, 5) is 24.7. The summed E-state index contributed by atoms with van der Waals surface area (Å²) in [6.07, 6.45) is 2.74. The molecule has 2 aliphatic heterocycles. The Balaban J connectivity index is 1.57. The molecule has 1 atom stereocenters. The van der Waals surface area contributed by atoms with Crippen LogP contribution in [-0.4, -0.2) is 62.4 Å². The van der Waals surface area contributed by atoms with Crippen LogP contribution in [0.1, 0.15) is 25.7 Å². The van der Waals surface area contributed by atoms with Crippen LogP contribution in [0.4, 0.5) is 4.79 Å². The summed E-state index contributed by atoms with van der Waals surface area (Å²) in [5, 5.41) is 5.35. The van der Waals surface area contributed by atoms with Crippen molar-refractivity contribution in [3.05, 3.63) is 0 Å². The molecule has 2 saturated heterocycles. The van der Waals surface area contributed by atoms with Gasteiger partial charge in [0.15, 0.2) is 9.84 Å². The Kier molecular flexibility index (Phi) is 4.85. The van der Waals surface area contributed by atoms with E-state index in [0.717, 1.165) is 13.0 Å². The molecule has 114 valence electrons. The van der Waals surface area contributed by atoms with Crippen molar-refractivity contribution < 1.29 is 18.0 Å². The molecule has 0 aliphatic carbocycles. The lowest BCUT2D eigenvalue weighted by Crippen LogP contribution is -2.43. The molecule has 0 aromatic carbocycles. The predicted octanol–water partition coefficient (Wildman–Crippen LogP) is -0.515. The summed E-state index contributed by atoms with van der Waals surface area (Å²) in [6, 6.07) is -0.611. The first-order valence-corrected chi connectivity index (χ1v) is 8.81. The predicted molar refractivity (Wildman–Crippen MR) is 74.0 cm³/mol. The molecule has 2 heterocycles. The molecule has 2 fully saturated rings. The quantitative estimate of drug-likeness (QED) is 0.668. The van der Waals surface area contributed by atoms with Gasteiger partial charge in [0, 0.05) is 32.1 Å². The van der Waals surface area contributed by atoms with Gasteiger partial charge in [0.2, 0.25) is 5.91 Å². The van der Waals surface area contributed by atoms with Crippen molar-refractivity contribution >= 4 is 21.8 Å². The van der Waals surface area contributed by atoms with Crippen molar-refractivity contribution in [1.29, 1.82) is 0 Å². The fourth-order valence-corrected chi connectivity index (χ4v) is 4.23. The largest absolute Gasteiger partial charge is 0.343 e. The van der Waals surface area contributed by atoms with E-state index in [2.05, 4.69) is 10.6 Å². The molecule has 3 amide bonds. The van der Waals surface area contributed by atoms with E-state index in [9.17, 15) is 18.0 Å². The molecule has 2 rings (SSSR count). The second kappa shape index (κ2) is 6.43. The number of sulfone groups is 1. The van der Waals surface area contributed by atoms with E-state index in [1.165, 1.54) is 0 Å². The zero-order valence-electron chi connectivity index (χ0n) is 11.4. The number of rotatable bonds is 5. The maximum atomic E-state index is 11.6. The number of nitrogens with zero attached hydrogens (tertiary/aromatic N) is 1.